The summed E-state index contributed by atoms with van der Waals surface area (Å²) in [6.07, 6.45) is 2.46. The molecule has 1 saturated carbocycles. The van der Waals surface area contributed by atoms with E-state index < -0.39 is 5.54 Å². The fraction of sp³-hybridized carbons (Fsp3) is 0.800. The van der Waals surface area contributed by atoms with Gasteiger partial charge >= 0.3 is 0 Å². The van der Waals surface area contributed by atoms with E-state index >= 15 is 0 Å². The molecular weight excluding hydrogens is 194 g/mol. The lowest BCUT2D eigenvalue weighted by Gasteiger charge is -2.39. The van der Waals surface area contributed by atoms with Crippen molar-refractivity contribution >= 4 is 11.8 Å². The fourth-order valence-corrected chi connectivity index (χ4v) is 1.67. The van der Waals surface area contributed by atoms with Gasteiger partial charge < -0.3 is 16.0 Å². The lowest BCUT2D eigenvalue weighted by Crippen LogP contribution is -2.60. The Bertz CT molecular complexity index is 261. The highest BCUT2D eigenvalue weighted by atomic mass is 16.2. The second-order valence-corrected chi connectivity index (χ2v) is 4.00. The van der Waals surface area contributed by atoms with Gasteiger partial charge in [0.15, 0.2) is 0 Å². The summed E-state index contributed by atoms with van der Waals surface area (Å²) in [6.45, 7) is 2.47. The summed E-state index contributed by atoms with van der Waals surface area (Å²) in [5.74, 6) is -0.257. The second-order valence-electron chi connectivity index (χ2n) is 4.00. The van der Waals surface area contributed by atoms with Gasteiger partial charge in [-0.2, -0.15) is 0 Å². The first kappa shape index (κ1) is 12.0. The predicted molar refractivity (Wildman–Crippen MR) is 57.1 cm³/mol. The monoisotopic (exact) mass is 213 g/mol. The van der Waals surface area contributed by atoms with Crippen molar-refractivity contribution in [2.24, 2.45) is 5.73 Å². The topological polar surface area (TPSA) is 75.4 Å². The number of hydrogen-bond acceptors (Lipinski definition) is 3. The van der Waals surface area contributed by atoms with Gasteiger partial charge in [-0.25, -0.2) is 0 Å². The molecule has 0 spiro atoms. The Balaban J connectivity index is 2.58. The van der Waals surface area contributed by atoms with Gasteiger partial charge in [-0.3, -0.25) is 9.59 Å². The number of amides is 2. The standard InChI is InChI=1S/C10H19N3O2/c1-3-13(7-8(14)12-2)9(15)10(11)5-4-6-10/h3-7,11H2,1-2H3,(H,12,14). The summed E-state index contributed by atoms with van der Waals surface area (Å²) in [6, 6.07) is 0. The lowest BCUT2D eigenvalue weighted by atomic mass is 9.76. The van der Waals surface area contributed by atoms with Crippen LogP contribution in [0, 0.1) is 0 Å². The highest BCUT2D eigenvalue weighted by Gasteiger charge is 2.42. The van der Waals surface area contributed by atoms with E-state index in [1.54, 1.807) is 7.05 Å². The molecule has 0 unspecified atom stereocenters. The van der Waals surface area contributed by atoms with Crippen LogP contribution in [0.15, 0.2) is 0 Å². The number of hydrogen-bond donors (Lipinski definition) is 2. The van der Waals surface area contributed by atoms with Crippen molar-refractivity contribution in [2.45, 2.75) is 31.7 Å². The maximum absolute atomic E-state index is 12.0. The van der Waals surface area contributed by atoms with Crippen LogP contribution < -0.4 is 11.1 Å². The number of rotatable bonds is 4. The molecule has 86 valence electrons. The van der Waals surface area contributed by atoms with Crippen LogP contribution in [0.2, 0.25) is 0 Å². The van der Waals surface area contributed by atoms with E-state index in [9.17, 15) is 9.59 Å². The maximum Gasteiger partial charge on any atom is 0.243 e. The summed E-state index contributed by atoms with van der Waals surface area (Å²) in [5, 5.41) is 2.50. The van der Waals surface area contributed by atoms with Crippen LogP contribution in [0.3, 0.4) is 0 Å². The SMILES string of the molecule is CCN(CC(=O)NC)C(=O)C1(N)CCC1. The Morgan fingerprint density at radius 3 is 2.40 bits per heavy atom. The Kier molecular flexibility index (Phi) is 3.68. The molecule has 1 rings (SSSR count). The van der Waals surface area contributed by atoms with E-state index in [2.05, 4.69) is 5.32 Å². The first-order chi connectivity index (χ1) is 7.03. The highest BCUT2D eigenvalue weighted by Crippen LogP contribution is 2.30. The third-order valence-electron chi connectivity index (χ3n) is 2.95. The largest absolute Gasteiger partial charge is 0.358 e. The van der Waals surface area contributed by atoms with Crippen LogP contribution in [-0.2, 0) is 9.59 Å². The molecule has 1 aliphatic rings. The zero-order chi connectivity index (χ0) is 11.5. The molecule has 0 saturated heterocycles. The quantitative estimate of drug-likeness (QED) is 0.658. The minimum absolute atomic E-state index is 0.0974. The molecule has 0 atom stereocenters. The van der Waals surface area contributed by atoms with Crippen LogP contribution in [0.5, 0.6) is 0 Å². The van der Waals surface area contributed by atoms with Gasteiger partial charge in [0.05, 0.1) is 12.1 Å². The zero-order valence-electron chi connectivity index (χ0n) is 9.38. The zero-order valence-corrected chi connectivity index (χ0v) is 9.38. The Morgan fingerprint density at radius 1 is 1.47 bits per heavy atom. The van der Waals surface area contributed by atoms with E-state index in [1.165, 1.54) is 4.90 Å². The second kappa shape index (κ2) is 4.61. The van der Waals surface area contributed by atoms with Crippen molar-refractivity contribution in [1.82, 2.24) is 10.2 Å². The molecule has 0 aromatic rings. The van der Waals surface area contributed by atoms with Crippen molar-refractivity contribution in [3.63, 3.8) is 0 Å². The van der Waals surface area contributed by atoms with E-state index in [0.717, 1.165) is 19.3 Å². The molecule has 0 radical (unpaired) electrons. The lowest BCUT2D eigenvalue weighted by molar-refractivity contribution is -0.143. The van der Waals surface area contributed by atoms with Gasteiger partial charge in [0.1, 0.15) is 0 Å². The average molecular weight is 213 g/mol. The number of nitrogens with one attached hydrogen (secondary N) is 1. The van der Waals surface area contributed by atoms with Crippen LogP contribution in [-0.4, -0.2) is 42.4 Å². The molecular formula is C10H19N3O2. The third-order valence-corrected chi connectivity index (χ3v) is 2.95. The van der Waals surface area contributed by atoms with Crippen LogP contribution >= 0.6 is 0 Å². The average Bonchev–Trinajstić information content (AvgIpc) is 2.21. The molecule has 5 heteroatoms. The molecule has 0 aliphatic heterocycles. The number of nitrogens with two attached hydrogens (primary N) is 1. The molecule has 5 nitrogen and oxygen atoms in total. The van der Waals surface area contributed by atoms with Crippen LogP contribution in [0.25, 0.3) is 0 Å². The molecule has 0 heterocycles. The van der Waals surface area contributed by atoms with Crippen LogP contribution in [0.1, 0.15) is 26.2 Å². The Morgan fingerprint density at radius 2 is 2.07 bits per heavy atom. The van der Waals surface area contributed by atoms with E-state index in [4.69, 9.17) is 5.73 Å². The number of carbonyl (C=O) groups excluding carboxylic acids is 2. The molecule has 1 fully saturated rings. The summed E-state index contributed by atoms with van der Waals surface area (Å²) in [5.41, 5.74) is 5.21. The van der Waals surface area contributed by atoms with Crippen molar-refractivity contribution in [2.75, 3.05) is 20.1 Å². The van der Waals surface area contributed by atoms with E-state index in [-0.39, 0.29) is 18.4 Å². The molecule has 3 N–H and O–H groups in total. The molecule has 2 amide bonds. The van der Waals surface area contributed by atoms with Gasteiger partial charge in [0, 0.05) is 13.6 Å². The van der Waals surface area contributed by atoms with Crippen LogP contribution in [0.4, 0.5) is 0 Å². The smallest absolute Gasteiger partial charge is 0.243 e. The minimum Gasteiger partial charge on any atom is -0.358 e. The molecule has 0 aromatic carbocycles. The number of nitrogens with zero attached hydrogens (tertiary/aromatic N) is 1. The van der Waals surface area contributed by atoms with Crippen molar-refractivity contribution in [3.05, 3.63) is 0 Å². The van der Waals surface area contributed by atoms with Crippen molar-refractivity contribution in [3.8, 4) is 0 Å². The summed E-state index contributed by atoms with van der Waals surface area (Å²) >= 11 is 0. The maximum atomic E-state index is 12.0. The molecule has 0 aromatic heterocycles. The van der Waals surface area contributed by atoms with Gasteiger partial charge in [0.25, 0.3) is 0 Å². The van der Waals surface area contributed by atoms with Gasteiger partial charge in [-0.15, -0.1) is 0 Å². The van der Waals surface area contributed by atoms with Gasteiger partial charge in [-0.05, 0) is 26.2 Å². The number of likely N-dealkylation sites (N-methyl/N-ethyl adjacent to an activating group) is 2. The van der Waals surface area contributed by atoms with E-state index in [1.807, 2.05) is 6.92 Å². The van der Waals surface area contributed by atoms with Gasteiger partial charge in [0.2, 0.25) is 11.8 Å². The summed E-state index contributed by atoms with van der Waals surface area (Å²) < 4.78 is 0. The summed E-state index contributed by atoms with van der Waals surface area (Å²) in [4.78, 5) is 24.6. The van der Waals surface area contributed by atoms with Crippen molar-refractivity contribution < 1.29 is 9.59 Å². The highest BCUT2D eigenvalue weighted by molar-refractivity contribution is 5.90. The van der Waals surface area contributed by atoms with Crippen molar-refractivity contribution in [1.29, 1.82) is 0 Å². The summed E-state index contributed by atoms with van der Waals surface area (Å²) in [7, 11) is 1.56. The Hall–Kier alpha value is -1.10. The Labute approximate surface area is 90.0 Å². The fourth-order valence-electron chi connectivity index (χ4n) is 1.67. The first-order valence-electron chi connectivity index (χ1n) is 5.32. The molecule has 15 heavy (non-hydrogen) atoms. The molecule has 0 bridgehead atoms. The minimum atomic E-state index is -0.704. The number of carbonyl (C=O) groups is 2. The first-order valence-corrected chi connectivity index (χ1v) is 5.32. The van der Waals surface area contributed by atoms with E-state index in [0.29, 0.717) is 6.54 Å². The molecule has 1 aliphatic carbocycles. The van der Waals surface area contributed by atoms with Gasteiger partial charge in [-0.1, -0.05) is 0 Å². The normalized spacial score (nSPS) is 17.8. The third kappa shape index (κ3) is 2.47. The predicted octanol–water partition coefficient (Wildman–Crippen LogP) is -0.538.